The third-order valence-corrected chi connectivity index (χ3v) is 7.46. The highest BCUT2D eigenvalue weighted by molar-refractivity contribution is 7.99. The van der Waals surface area contributed by atoms with Crippen LogP contribution in [0.3, 0.4) is 0 Å². The van der Waals surface area contributed by atoms with Gasteiger partial charge in [0.2, 0.25) is 11.8 Å². The van der Waals surface area contributed by atoms with Gasteiger partial charge in [0.05, 0.1) is 10.1 Å². The topological polar surface area (TPSA) is 77.8 Å². The Hall–Kier alpha value is -2.45. The van der Waals surface area contributed by atoms with Gasteiger partial charge in [0.1, 0.15) is 0 Å². The summed E-state index contributed by atoms with van der Waals surface area (Å²) < 4.78 is 11.8. The number of benzene rings is 1. The highest BCUT2D eigenvalue weighted by Crippen LogP contribution is 2.39. The molecule has 30 heavy (non-hydrogen) atoms. The minimum absolute atomic E-state index is 0.0950. The Balaban J connectivity index is 1.29. The Kier molecular flexibility index (Phi) is 5.20. The fourth-order valence-electron chi connectivity index (χ4n) is 3.58. The number of fused-ring (bicyclic) bond motifs is 1. The summed E-state index contributed by atoms with van der Waals surface area (Å²) in [5.41, 5.74) is 3.53. The molecule has 154 valence electrons. The van der Waals surface area contributed by atoms with Crippen LogP contribution in [0.15, 0.2) is 44.4 Å². The van der Waals surface area contributed by atoms with E-state index >= 15 is 0 Å². The second-order valence-electron chi connectivity index (χ2n) is 7.85. The molecule has 1 aromatic carbocycles. The summed E-state index contributed by atoms with van der Waals surface area (Å²) >= 11 is 3.20. The monoisotopic (exact) mass is 438 g/mol. The average molecular weight is 439 g/mol. The van der Waals surface area contributed by atoms with Crippen LogP contribution in [0.2, 0.25) is 0 Å². The van der Waals surface area contributed by atoms with Crippen LogP contribution in [0.1, 0.15) is 47.4 Å². The maximum Gasteiger partial charge on any atom is 0.277 e. The van der Waals surface area contributed by atoms with Crippen molar-refractivity contribution in [3.8, 4) is 22.2 Å². The van der Waals surface area contributed by atoms with Gasteiger partial charge >= 0.3 is 0 Å². The minimum atomic E-state index is -0.0950. The van der Waals surface area contributed by atoms with Crippen LogP contribution in [0.25, 0.3) is 22.2 Å². The maximum atomic E-state index is 5.93. The molecule has 0 bridgehead atoms. The highest BCUT2D eigenvalue weighted by atomic mass is 32.2. The van der Waals surface area contributed by atoms with Gasteiger partial charge in [-0.15, -0.1) is 31.7 Å². The van der Waals surface area contributed by atoms with Crippen molar-refractivity contribution < 1.29 is 8.83 Å². The maximum absolute atomic E-state index is 5.93. The molecular formula is C22H22N4O2S2. The molecule has 0 N–H and O–H groups in total. The van der Waals surface area contributed by atoms with Crippen molar-refractivity contribution in [3.05, 3.63) is 52.2 Å². The molecule has 5 rings (SSSR count). The summed E-state index contributed by atoms with van der Waals surface area (Å²) in [5, 5.41) is 17.3. The number of hydrogen-bond acceptors (Lipinski definition) is 8. The first-order valence-electron chi connectivity index (χ1n) is 10.1. The smallest absolute Gasteiger partial charge is 0.277 e. The summed E-state index contributed by atoms with van der Waals surface area (Å²) in [5.74, 6) is 2.38. The van der Waals surface area contributed by atoms with Crippen molar-refractivity contribution in [1.82, 2.24) is 20.4 Å². The normalized spacial score (nSPS) is 17.1. The van der Waals surface area contributed by atoms with Gasteiger partial charge in [0.15, 0.2) is 0 Å². The van der Waals surface area contributed by atoms with Crippen LogP contribution < -0.4 is 0 Å². The van der Waals surface area contributed by atoms with E-state index in [4.69, 9.17) is 8.83 Å². The lowest BCUT2D eigenvalue weighted by Crippen LogP contribution is -2.07. The molecule has 0 spiro atoms. The summed E-state index contributed by atoms with van der Waals surface area (Å²) in [4.78, 5) is 2.51. The summed E-state index contributed by atoms with van der Waals surface area (Å²) in [7, 11) is 0. The lowest BCUT2D eigenvalue weighted by Gasteiger charge is -2.16. The second-order valence-corrected chi connectivity index (χ2v) is 10.3. The number of hydrogen-bond donors (Lipinski definition) is 0. The third-order valence-electron chi connectivity index (χ3n) is 5.31. The molecule has 0 aliphatic heterocycles. The van der Waals surface area contributed by atoms with Gasteiger partial charge in [-0.25, -0.2) is 0 Å². The van der Waals surface area contributed by atoms with Crippen LogP contribution in [-0.2, 0) is 12.8 Å². The second kappa shape index (κ2) is 8.00. The molecule has 2 atom stereocenters. The van der Waals surface area contributed by atoms with E-state index in [0.717, 1.165) is 29.2 Å². The van der Waals surface area contributed by atoms with Crippen molar-refractivity contribution in [2.24, 2.45) is 5.92 Å². The van der Waals surface area contributed by atoms with Crippen molar-refractivity contribution >= 4 is 23.1 Å². The van der Waals surface area contributed by atoms with Gasteiger partial charge in [-0.05, 0) is 62.8 Å². The quantitative estimate of drug-likeness (QED) is 0.347. The van der Waals surface area contributed by atoms with E-state index < -0.39 is 0 Å². The predicted octanol–water partition coefficient (Wildman–Crippen LogP) is 6.13. The lowest BCUT2D eigenvalue weighted by atomic mass is 9.90. The van der Waals surface area contributed by atoms with Crippen LogP contribution in [-0.4, -0.2) is 20.4 Å². The SMILES string of the molecule is Cc1ccc(-c2nnc([C@H](C)Sc3nnc(-c4cc5c(s4)CC[C@H](C)C5)o3)o2)cc1. The Labute approximate surface area is 183 Å². The molecule has 0 saturated heterocycles. The molecule has 0 saturated carbocycles. The summed E-state index contributed by atoms with van der Waals surface area (Å²) in [6.45, 7) is 6.35. The first kappa shape index (κ1) is 19.5. The van der Waals surface area contributed by atoms with Gasteiger partial charge in [-0.2, -0.15) is 0 Å². The van der Waals surface area contributed by atoms with Gasteiger partial charge < -0.3 is 8.83 Å². The highest BCUT2D eigenvalue weighted by Gasteiger charge is 2.23. The lowest BCUT2D eigenvalue weighted by molar-refractivity contribution is 0.462. The van der Waals surface area contributed by atoms with Crippen molar-refractivity contribution in [2.45, 2.75) is 50.5 Å². The summed E-state index contributed by atoms with van der Waals surface area (Å²) in [6, 6.07) is 10.2. The molecule has 0 amide bonds. The zero-order chi connectivity index (χ0) is 20.7. The largest absolute Gasteiger partial charge is 0.419 e. The van der Waals surface area contributed by atoms with E-state index in [9.17, 15) is 0 Å². The van der Waals surface area contributed by atoms with Crippen LogP contribution in [0, 0.1) is 12.8 Å². The van der Waals surface area contributed by atoms with Gasteiger partial charge in [-0.3, -0.25) is 0 Å². The zero-order valence-corrected chi connectivity index (χ0v) is 18.7. The van der Waals surface area contributed by atoms with Crippen LogP contribution >= 0.6 is 23.1 Å². The van der Waals surface area contributed by atoms with E-state index in [0.29, 0.717) is 22.9 Å². The Morgan fingerprint density at radius 2 is 1.87 bits per heavy atom. The molecule has 0 fully saturated rings. The first-order valence-corrected chi connectivity index (χ1v) is 11.8. The van der Waals surface area contributed by atoms with E-state index in [1.807, 2.05) is 38.1 Å². The van der Waals surface area contributed by atoms with Crippen molar-refractivity contribution in [3.63, 3.8) is 0 Å². The van der Waals surface area contributed by atoms with E-state index in [1.165, 1.54) is 34.2 Å². The molecular weight excluding hydrogens is 416 g/mol. The predicted molar refractivity (Wildman–Crippen MR) is 118 cm³/mol. The standard InChI is InChI=1S/C22H22N4O2S2/c1-12-4-7-15(8-5-12)20-24-23-19(27-20)14(3)29-22-26-25-21(28-22)18-11-16-10-13(2)6-9-17(16)30-18/h4-5,7-8,11,13-14H,6,9-10H2,1-3H3/t13-,14-/m0/s1. The fourth-order valence-corrected chi connectivity index (χ4v) is 5.42. The molecule has 1 aliphatic rings. The van der Waals surface area contributed by atoms with Gasteiger partial charge in [0, 0.05) is 10.4 Å². The van der Waals surface area contributed by atoms with E-state index in [1.54, 1.807) is 11.3 Å². The first-order chi connectivity index (χ1) is 14.5. The zero-order valence-electron chi connectivity index (χ0n) is 17.1. The number of rotatable bonds is 5. The van der Waals surface area contributed by atoms with Gasteiger partial charge in [0.25, 0.3) is 11.1 Å². The van der Waals surface area contributed by atoms with E-state index in [2.05, 4.69) is 33.4 Å². The Morgan fingerprint density at radius 1 is 1.07 bits per heavy atom. The third kappa shape index (κ3) is 3.94. The number of aromatic nitrogens is 4. The van der Waals surface area contributed by atoms with Crippen molar-refractivity contribution in [2.75, 3.05) is 0 Å². The van der Waals surface area contributed by atoms with Crippen molar-refractivity contribution in [1.29, 1.82) is 0 Å². The molecule has 0 unspecified atom stereocenters. The van der Waals surface area contributed by atoms with E-state index in [-0.39, 0.29) is 5.25 Å². The molecule has 8 heteroatoms. The average Bonchev–Trinajstić information content (AvgIpc) is 3.47. The summed E-state index contributed by atoms with van der Waals surface area (Å²) in [6.07, 6.45) is 3.54. The number of thioether (sulfide) groups is 1. The Morgan fingerprint density at radius 3 is 2.70 bits per heavy atom. The van der Waals surface area contributed by atoms with Crippen LogP contribution in [0.5, 0.6) is 0 Å². The molecule has 4 aromatic rings. The fraction of sp³-hybridized carbons (Fsp3) is 0.364. The Bertz CT molecular complexity index is 1160. The molecule has 0 radical (unpaired) electrons. The molecule has 3 aromatic heterocycles. The minimum Gasteiger partial charge on any atom is -0.419 e. The number of nitrogens with zero attached hydrogens (tertiary/aromatic N) is 4. The van der Waals surface area contributed by atoms with Crippen LogP contribution in [0.4, 0.5) is 0 Å². The molecule has 1 aliphatic carbocycles. The van der Waals surface area contributed by atoms with Gasteiger partial charge in [-0.1, -0.05) is 36.4 Å². The molecule has 3 heterocycles. The number of thiophene rings is 1. The number of aryl methyl sites for hydroxylation is 2. The molecule has 6 nitrogen and oxygen atoms in total.